The van der Waals surface area contributed by atoms with Crippen molar-refractivity contribution in [2.24, 2.45) is 7.05 Å². The van der Waals surface area contributed by atoms with E-state index in [0.29, 0.717) is 24.4 Å². The SMILES string of the molecule is CC(C(=O)OCC1CCCN1)N1CCN(CCn2ccc(Nc3ncc4c(n3)-c3c(nn(C)c3-c3ccccc3)C[C@H]4C)n2)CC1. The fourth-order valence-corrected chi connectivity index (χ4v) is 6.95. The number of anilines is 2. The summed E-state index contributed by atoms with van der Waals surface area (Å²) >= 11 is 0. The number of hydrogen-bond acceptors (Lipinski definition) is 10. The minimum Gasteiger partial charge on any atom is -0.463 e. The maximum Gasteiger partial charge on any atom is 0.323 e. The highest BCUT2D eigenvalue weighted by atomic mass is 16.5. The molecule has 0 amide bonds. The predicted octanol–water partition coefficient (Wildman–Crippen LogP) is 3.45. The highest BCUT2D eigenvalue weighted by Gasteiger charge is 2.31. The van der Waals surface area contributed by atoms with Gasteiger partial charge in [0.05, 0.1) is 23.6 Å². The highest BCUT2D eigenvalue weighted by molar-refractivity contribution is 5.84. The van der Waals surface area contributed by atoms with Crippen LogP contribution in [0.25, 0.3) is 22.5 Å². The number of fused-ring (bicyclic) bond motifs is 3. The summed E-state index contributed by atoms with van der Waals surface area (Å²) in [6, 6.07) is 12.4. The average molecular weight is 625 g/mol. The molecule has 2 fully saturated rings. The summed E-state index contributed by atoms with van der Waals surface area (Å²) in [4.78, 5) is 26.9. The second kappa shape index (κ2) is 13.3. The van der Waals surface area contributed by atoms with Crippen molar-refractivity contribution in [3.05, 3.63) is 60.0 Å². The van der Waals surface area contributed by atoms with E-state index in [0.717, 1.165) is 98.8 Å². The van der Waals surface area contributed by atoms with Crippen LogP contribution in [0.1, 0.15) is 43.9 Å². The first kappa shape index (κ1) is 30.5. The molecule has 0 bridgehead atoms. The molecule has 12 nitrogen and oxygen atoms in total. The first-order valence-electron chi connectivity index (χ1n) is 16.6. The number of esters is 1. The molecular weight excluding hydrogens is 580 g/mol. The lowest BCUT2D eigenvalue weighted by Gasteiger charge is -2.37. The molecule has 242 valence electrons. The van der Waals surface area contributed by atoms with E-state index >= 15 is 0 Å². The zero-order chi connectivity index (χ0) is 31.6. The third kappa shape index (κ3) is 6.42. The van der Waals surface area contributed by atoms with Crippen molar-refractivity contribution >= 4 is 17.7 Å². The van der Waals surface area contributed by atoms with Crippen molar-refractivity contribution in [2.75, 3.05) is 51.2 Å². The Hall–Kier alpha value is -4.13. The molecule has 5 heterocycles. The number of carbonyl (C=O) groups excluding carboxylic acids is 1. The van der Waals surface area contributed by atoms with Gasteiger partial charge in [-0.25, -0.2) is 9.97 Å². The number of aromatic nitrogens is 6. The second-order valence-electron chi connectivity index (χ2n) is 12.8. The number of piperazine rings is 1. The van der Waals surface area contributed by atoms with Gasteiger partial charge in [-0.1, -0.05) is 37.3 Å². The van der Waals surface area contributed by atoms with Crippen LogP contribution < -0.4 is 10.6 Å². The van der Waals surface area contributed by atoms with Gasteiger partial charge in [-0.05, 0) is 38.6 Å². The first-order chi connectivity index (χ1) is 22.4. The van der Waals surface area contributed by atoms with Crippen LogP contribution in [0.5, 0.6) is 0 Å². The lowest BCUT2D eigenvalue weighted by atomic mass is 9.85. The van der Waals surface area contributed by atoms with Crippen molar-refractivity contribution in [3.63, 3.8) is 0 Å². The smallest absolute Gasteiger partial charge is 0.323 e. The molecule has 3 aliphatic rings. The van der Waals surface area contributed by atoms with Crippen molar-refractivity contribution in [1.29, 1.82) is 0 Å². The molecule has 12 heteroatoms. The van der Waals surface area contributed by atoms with Crippen LogP contribution in [-0.2, 0) is 29.5 Å². The zero-order valence-electron chi connectivity index (χ0n) is 27.0. The monoisotopic (exact) mass is 624 g/mol. The molecular formula is C34H44N10O2. The summed E-state index contributed by atoms with van der Waals surface area (Å²) in [5, 5.41) is 16.4. The number of carbonyl (C=O) groups is 1. The van der Waals surface area contributed by atoms with Crippen LogP contribution in [0.15, 0.2) is 48.8 Å². The number of hydrogen-bond donors (Lipinski definition) is 2. The van der Waals surface area contributed by atoms with Crippen molar-refractivity contribution in [1.82, 2.24) is 44.6 Å². The first-order valence-corrected chi connectivity index (χ1v) is 16.6. The molecule has 2 unspecified atom stereocenters. The van der Waals surface area contributed by atoms with E-state index in [2.05, 4.69) is 56.6 Å². The topological polar surface area (TPSA) is 118 Å². The summed E-state index contributed by atoms with van der Waals surface area (Å²) in [5.41, 5.74) is 6.43. The molecule has 3 atom stereocenters. The Bertz CT molecular complexity index is 1650. The van der Waals surface area contributed by atoms with E-state index in [1.54, 1.807) is 0 Å². The molecule has 2 saturated heterocycles. The lowest BCUT2D eigenvalue weighted by Crippen LogP contribution is -2.52. The van der Waals surface area contributed by atoms with Crippen molar-refractivity contribution < 1.29 is 9.53 Å². The summed E-state index contributed by atoms with van der Waals surface area (Å²) in [5.74, 6) is 1.40. The minimum absolute atomic E-state index is 0.117. The van der Waals surface area contributed by atoms with Crippen LogP contribution in [0.4, 0.5) is 11.8 Å². The molecule has 2 N–H and O–H groups in total. The van der Waals surface area contributed by atoms with E-state index < -0.39 is 0 Å². The molecule has 2 aliphatic heterocycles. The maximum absolute atomic E-state index is 12.6. The van der Waals surface area contributed by atoms with Gasteiger partial charge in [0.25, 0.3) is 0 Å². The van der Waals surface area contributed by atoms with Gasteiger partial charge in [-0.15, -0.1) is 0 Å². The maximum atomic E-state index is 12.6. The Kier molecular flexibility index (Phi) is 8.83. The van der Waals surface area contributed by atoms with Gasteiger partial charge in [-0.3, -0.25) is 24.0 Å². The van der Waals surface area contributed by atoms with E-state index in [1.165, 1.54) is 0 Å². The van der Waals surface area contributed by atoms with Crippen LogP contribution in [0.2, 0.25) is 0 Å². The summed E-state index contributed by atoms with van der Waals surface area (Å²) < 4.78 is 9.54. The van der Waals surface area contributed by atoms with Gasteiger partial charge in [0.2, 0.25) is 5.95 Å². The van der Waals surface area contributed by atoms with Gasteiger partial charge in [0, 0.05) is 81.0 Å². The van der Waals surface area contributed by atoms with Gasteiger partial charge in [0.15, 0.2) is 5.82 Å². The van der Waals surface area contributed by atoms with E-state index in [4.69, 9.17) is 19.9 Å². The Morgan fingerprint density at radius 2 is 1.93 bits per heavy atom. The van der Waals surface area contributed by atoms with Gasteiger partial charge in [-0.2, -0.15) is 10.2 Å². The molecule has 0 saturated carbocycles. The number of rotatable bonds is 10. The molecule has 0 radical (unpaired) electrons. The number of ether oxygens (including phenoxy) is 1. The molecule has 46 heavy (non-hydrogen) atoms. The number of aryl methyl sites for hydroxylation is 1. The van der Waals surface area contributed by atoms with Crippen molar-refractivity contribution in [3.8, 4) is 22.5 Å². The van der Waals surface area contributed by atoms with Crippen molar-refractivity contribution in [2.45, 2.75) is 57.7 Å². The third-order valence-corrected chi connectivity index (χ3v) is 9.66. The molecule has 7 rings (SSSR count). The second-order valence-corrected chi connectivity index (χ2v) is 12.8. The normalized spacial score (nSPS) is 20.7. The van der Waals surface area contributed by atoms with Crippen LogP contribution in [0, 0.1) is 0 Å². The molecule has 0 spiro atoms. The summed E-state index contributed by atoms with van der Waals surface area (Å²) in [6.45, 7) is 10.9. The van der Waals surface area contributed by atoms with Crippen LogP contribution in [0.3, 0.4) is 0 Å². The number of nitrogens with one attached hydrogen (secondary N) is 2. The third-order valence-electron chi connectivity index (χ3n) is 9.66. The van der Waals surface area contributed by atoms with Crippen LogP contribution in [-0.4, -0.2) is 103 Å². The molecule has 1 aromatic carbocycles. The average Bonchev–Trinajstić information content (AvgIpc) is 3.83. The Balaban J connectivity index is 0.945. The molecule has 4 aromatic rings. The Morgan fingerprint density at radius 1 is 1.11 bits per heavy atom. The quantitative estimate of drug-likeness (QED) is 0.254. The number of benzene rings is 1. The standard InChI is InChI=1S/C34H44N10O2/c1-23-20-28-30(32(41(3)39-28)25-8-5-4-6-9-25)31-27(23)21-36-34(38-31)37-29-11-13-44(40-29)19-16-42-14-17-43(18-15-42)24(2)33(45)46-22-26-10-7-12-35-26/h4-6,8-9,11,13,21,23-24,26,35H,7,10,12,14-20,22H2,1-3H3,(H,36,37,38,40)/t23-,24?,26?/m1/s1. The van der Waals surface area contributed by atoms with Crippen LogP contribution >= 0.6 is 0 Å². The summed E-state index contributed by atoms with van der Waals surface area (Å²) in [7, 11) is 2.00. The van der Waals surface area contributed by atoms with Gasteiger partial charge in [0.1, 0.15) is 12.6 Å². The molecule has 3 aromatic heterocycles. The number of nitrogens with zero attached hydrogens (tertiary/aromatic N) is 8. The highest BCUT2D eigenvalue weighted by Crippen LogP contribution is 2.43. The summed E-state index contributed by atoms with van der Waals surface area (Å²) in [6.07, 6.45) is 7.04. The van der Waals surface area contributed by atoms with Gasteiger partial charge >= 0.3 is 5.97 Å². The molecule has 1 aliphatic carbocycles. The lowest BCUT2D eigenvalue weighted by molar-refractivity contribution is -0.150. The fourth-order valence-electron chi connectivity index (χ4n) is 6.95. The minimum atomic E-state index is -0.216. The zero-order valence-corrected chi connectivity index (χ0v) is 27.0. The van der Waals surface area contributed by atoms with E-state index in [1.807, 2.05) is 47.9 Å². The van der Waals surface area contributed by atoms with Gasteiger partial charge < -0.3 is 15.4 Å². The predicted molar refractivity (Wildman–Crippen MR) is 177 cm³/mol. The fraction of sp³-hybridized carbons (Fsp3) is 0.500. The van der Waals surface area contributed by atoms with E-state index in [9.17, 15) is 4.79 Å². The Labute approximate surface area is 270 Å². The van der Waals surface area contributed by atoms with E-state index in [-0.39, 0.29) is 17.9 Å². The largest absolute Gasteiger partial charge is 0.463 e. The Morgan fingerprint density at radius 3 is 2.72 bits per heavy atom.